The van der Waals surface area contributed by atoms with Gasteiger partial charge in [-0.3, -0.25) is 4.79 Å². The summed E-state index contributed by atoms with van der Waals surface area (Å²) in [7, 11) is 0. The van der Waals surface area contributed by atoms with Crippen LogP contribution in [0.5, 0.6) is 5.88 Å². The molecule has 6 nitrogen and oxygen atoms in total. The number of rotatable bonds is 4. The number of ether oxygens (including phenoxy) is 1. The lowest BCUT2D eigenvalue weighted by Crippen LogP contribution is -2.30. The molecule has 1 atom stereocenters. The summed E-state index contributed by atoms with van der Waals surface area (Å²) in [5.74, 6) is -0.684. The number of amides is 1. The van der Waals surface area contributed by atoms with Gasteiger partial charge in [0.25, 0.3) is 11.8 Å². The minimum absolute atomic E-state index is 0.0468. The molecule has 7 heteroatoms. The number of aromatic nitrogens is 2. The fraction of sp³-hybridized carbons (Fsp3) is 0.400. The number of carbonyl (C=O) groups excluding carboxylic acids is 1. The number of carbonyl (C=O) groups is 1. The maximum atomic E-state index is 14.1. The summed E-state index contributed by atoms with van der Waals surface area (Å²) in [5, 5.41) is 0. The lowest BCUT2D eigenvalue weighted by Gasteiger charge is -2.16. The molecule has 22 heavy (non-hydrogen) atoms. The summed E-state index contributed by atoms with van der Waals surface area (Å²) in [6.07, 6.45) is 4.99. The third-order valence-corrected chi connectivity index (χ3v) is 3.64. The number of aryl methyl sites for hydroxylation is 1. The molecule has 116 valence electrons. The largest absolute Gasteiger partial charge is 0.472 e. The van der Waals surface area contributed by atoms with Gasteiger partial charge in [-0.2, -0.15) is 9.37 Å². The van der Waals surface area contributed by atoms with E-state index in [1.807, 2.05) is 6.92 Å². The quantitative estimate of drug-likeness (QED) is 0.865. The molecule has 0 radical (unpaired) electrons. The van der Waals surface area contributed by atoms with Gasteiger partial charge in [-0.25, -0.2) is 4.98 Å². The second kappa shape index (κ2) is 6.13. The van der Waals surface area contributed by atoms with E-state index in [4.69, 9.17) is 9.15 Å². The zero-order chi connectivity index (χ0) is 15.5. The fourth-order valence-corrected chi connectivity index (χ4v) is 2.45. The maximum Gasteiger partial charge on any atom is 0.257 e. The Morgan fingerprint density at radius 2 is 2.41 bits per heavy atom. The van der Waals surface area contributed by atoms with E-state index in [0.29, 0.717) is 37.2 Å². The van der Waals surface area contributed by atoms with Gasteiger partial charge in [0.2, 0.25) is 5.82 Å². The molecule has 0 aliphatic carbocycles. The van der Waals surface area contributed by atoms with Crippen molar-refractivity contribution in [2.45, 2.75) is 25.9 Å². The van der Waals surface area contributed by atoms with Gasteiger partial charge in [-0.1, -0.05) is 6.92 Å². The molecule has 3 rings (SSSR count). The lowest BCUT2D eigenvalue weighted by molar-refractivity contribution is 0.0769. The molecule has 0 N–H and O–H groups in total. The first-order valence-corrected chi connectivity index (χ1v) is 7.16. The first-order chi connectivity index (χ1) is 10.7. The van der Waals surface area contributed by atoms with Crippen molar-refractivity contribution in [2.24, 2.45) is 0 Å². The van der Waals surface area contributed by atoms with Crippen molar-refractivity contribution in [1.82, 2.24) is 14.9 Å². The van der Waals surface area contributed by atoms with E-state index >= 15 is 0 Å². The molecule has 0 aromatic carbocycles. The standard InChI is InChI=1S/C15H16FN3O3/c1-2-12-13(16)14(18-9-17-12)22-11-3-5-19(7-11)15(20)10-4-6-21-8-10/h4,6,8-9,11H,2-3,5,7H2,1H3. The van der Waals surface area contributed by atoms with Gasteiger partial charge >= 0.3 is 0 Å². The van der Waals surface area contributed by atoms with E-state index in [9.17, 15) is 9.18 Å². The highest BCUT2D eigenvalue weighted by molar-refractivity contribution is 5.94. The molecule has 1 aliphatic rings. The Morgan fingerprint density at radius 1 is 1.55 bits per heavy atom. The van der Waals surface area contributed by atoms with Gasteiger partial charge in [0.05, 0.1) is 24.1 Å². The molecule has 1 fully saturated rings. The third kappa shape index (κ3) is 2.79. The van der Waals surface area contributed by atoms with Crippen LogP contribution in [0.1, 0.15) is 29.4 Å². The Balaban J connectivity index is 1.65. The van der Waals surface area contributed by atoms with E-state index in [0.717, 1.165) is 0 Å². The number of hydrogen-bond acceptors (Lipinski definition) is 5. The molecular formula is C15H16FN3O3. The SMILES string of the molecule is CCc1ncnc(OC2CCN(C(=O)c3ccoc3)C2)c1F. The summed E-state index contributed by atoms with van der Waals surface area (Å²) in [4.78, 5) is 21.6. The monoisotopic (exact) mass is 305 g/mol. The van der Waals surface area contributed by atoms with Crippen LogP contribution in [0.3, 0.4) is 0 Å². The van der Waals surface area contributed by atoms with Gasteiger partial charge in [-0.05, 0) is 12.5 Å². The van der Waals surface area contributed by atoms with E-state index in [1.165, 1.54) is 18.9 Å². The molecule has 1 saturated heterocycles. The van der Waals surface area contributed by atoms with Crippen LogP contribution in [0.4, 0.5) is 4.39 Å². The van der Waals surface area contributed by atoms with Crippen molar-refractivity contribution >= 4 is 5.91 Å². The summed E-state index contributed by atoms with van der Waals surface area (Å²) in [6, 6.07) is 1.62. The molecule has 1 unspecified atom stereocenters. The van der Waals surface area contributed by atoms with Crippen LogP contribution < -0.4 is 4.74 Å². The smallest absolute Gasteiger partial charge is 0.257 e. The number of nitrogens with zero attached hydrogens (tertiary/aromatic N) is 3. The number of likely N-dealkylation sites (tertiary alicyclic amines) is 1. The van der Waals surface area contributed by atoms with Crippen LogP contribution in [0.2, 0.25) is 0 Å². The molecule has 1 aliphatic heterocycles. The Bertz CT molecular complexity index is 660. The zero-order valence-corrected chi connectivity index (χ0v) is 12.2. The number of furan rings is 1. The minimum atomic E-state index is -0.524. The molecule has 0 spiro atoms. The van der Waals surface area contributed by atoms with Crippen LogP contribution in [-0.4, -0.2) is 40.0 Å². The highest BCUT2D eigenvalue weighted by atomic mass is 19.1. The van der Waals surface area contributed by atoms with Gasteiger partial charge in [0, 0.05) is 13.0 Å². The average molecular weight is 305 g/mol. The Morgan fingerprint density at radius 3 is 3.14 bits per heavy atom. The summed E-state index contributed by atoms with van der Waals surface area (Å²) < 4.78 is 24.6. The van der Waals surface area contributed by atoms with Gasteiger partial charge in [0.1, 0.15) is 18.7 Å². The van der Waals surface area contributed by atoms with Crippen molar-refractivity contribution in [2.75, 3.05) is 13.1 Å². The first kappa shape index (κ1) is 14.5. The molecule has 1 amide bonds. The second-order valence-electron chi connectivity index (χ2n) is 5.08. The van der Waals surface area contributed by atoms with Crippen LogP contribution in [0.25, 0.3) is 0 Å². The van der Waals surface area contributed by atoms with Crippen molar-refractivity contribution in [3.05, 3.63) is 42.0 Å². The zero-order valence-electron chi connectivity index (χ0n) is 12.2. The van der Waals surface area contributed by atoms with Crippen LogP contribution in [-0.2, 0) is 6.42 Å². The summed E-state index contributed by atoms with van der Waals surface area (Å²) in [5.41, 5.74) is 0.830. The van der Waals surface area contributed by atoms with Crippen LogP contribution in [0, 0.1) is 5.82 Å². The van der Waals surface area contributed by atoms with E-state index in [1.54, 1.807) is 11.0 Å². The predicted octanol–water partition coefficient (Wildman–Crippen LogP) is 2.06. The molecule has 0 bridgehead atoms. The predicted molar refractivity (Wildman–Crippen MR) is 75.0 cm³/mol. The van der Waals surface area contributed by atoms with E-state index in [2.05, 4.69) is 9.97 Å². The molecule has 3 heterocycles. The Hall–Kier alpha value is -2.44. The normalized spacial score (nSPS) is 17.7. The molecule has 2 aromatic rings. The summed E-state index contributed by atoms with van der Waals surface area (Å²) >= 11 is 0. The lowest BCUT2D eigenvalue weighted by atomic mass is 10.3. The summed E-state index contributed by atoms with van der Waals surface area (Å²) in [6.45, 7) is 2.77. The fourth-order valence-electron chi connectivity index (χ4n) is 2.45. The topological polar surface area (TPSA) is 68.5 Å². The van der Waals surface area contributed by atoms with Gasteiger partial charge in [-0.15, -0.1) is 0 Å². The maximum absolute atomic E-state index is 14.1. The highest BCUT2D eigenvalue weighted by Crippen LogP contribution is 2.22. The highest BCUT2D eigenvalue weighted by Gasteiger charge is 2.29. The average Bonchev–Trinajstić information content (AvgIpc) is 3.20. The van der Waals surface area contributed by atoms with Crippen molar-refractivity contribution in [3.63, 3.8) is 0 Å². The third-order valence-electron chi connectivity index (χ3n) is 3.64. The minimum Gasteiger partial charge on any atom is -0.472 e. The van der Waals surface area contributed by atoms with Crippen molar-refractivity contribution < 1.29 is 18.3 Å². The molecule has 2 aromatic heterocycles. The molecular weight excluding hydrogens is 289 g/mol. The van der Waals surface area contributed by atoms with E-state index < -0.39 is 5.82 Å². The van der Waals surface area contributed by atoms with Gasteiger partial charge < -0.3 is 14.1 Å². The Kier molecular flexibility index (Phi) is 4.04. The van der Waals surface area contributed by atoms with Crippen molar-refractivity contribution in [3.8, 4) is 5.88 Å². The van der Waals surface area contributed by atoms with Gasteiger partial charge in [0.15, 0.2) is 0 Å². The Labute approximate surface area is 126 Å². The number of halogens is 1. The van der Waals surface area contributed by atoms with Crippen LogP contribution >= 0.6 is 0 Å². The number of hydrogen-bond donors (Lipinski definition) is 0. The van der Waals surface area contributed by atoms with Crippen LogP contribution in [0.15, 0.2) is 29.3 Å². The molecule has 0 saturated carbocycles. The second-order valence-corrected chi connectivity index (χ2v) is 5.08. The van der Waals surface area contributed by atoms with E-state index in [-0.39, 0.29) is 17.9 Å². The van der Waals surface area contributed by atoms with Crippen molar-refractivity contribution in [1.29, 1.82) is 0 Å². The first-order valence-electron chi connectivity index (χ1n) is 7.16.